The summed E-state index contributed by atoms with van der Waals surface area (Å²) < 4.78 is 10.0. The molecule has 0 heterocycles. The number of hydrogen-bond donors (Lipinski definition) is 2. The Morgan fingerprint density at radius 2 is 1.95 bits per heavy atom. The van der Waals surface area contributed by atoms with Crippen molar-refractivity contribution in [2.24, 2.45) is 5.92 Å². The topological polar surface area (TPSA) is 76.7 Å². The van der Waals surface area contributed by atoms with Crippen molar-refractivity contribution in [2.75, 3.05) is 13.8 Å². The second-order valence-corrected chi connectivity index (χ2v) is 6.21. The first kappa shape index (κ1) is 16.8. The molecular formula is C14H26N2O4. The number of rotatable bonds is 6. The van der Waals surface area contributed by atoms with Crippen LogP contribution in [0, 0.1) is 5.92 Å². The van der Waals surface area contributed by atoms with Crippen LogP contribution in [-0.2, 0) is 14.3 Å². The highest BCUT2D eigenvalue weighted by Gasteiger charge is 2.29. The van der Waals surface area contributed by atoms with Gasteiger partial charge < -0.3 is 20.1 Å². The van der Waals surface area contributed by atoms with Gasteiger partial charge in [-0.15, -0.1) is 0 Å². The molecule has 0 aromatic heterocycles. The molecule has 0 aromatic carbocycles. The number of carbonyl (C=O) groups excluding carboxylic acids is 2. The van der Waals surface area contributed by atoms with Gasteiger partial charge in [-0.1, -0.05) is 19.3 Å². The molecule has 1 saturated carbocycles. The number of amides is 2. The minimum absolute atomic E-state index is 0.135. The van der Waals surface area contributed by atoms with E-state index in [1.54, 1.807) is 20.8 Å². The molecule has 0 saturated heterocycles. The van der Waals surface area contributed by atoms with Gasteiger partial charge in [0.05, 0.1) is 0 Å². The van der Waals surface area contributed by atoms with Gasteiger partial charge in [0.1, 0.15) is 18.4 Å². The average Bonchev–Trinajstić information content (AvgIpc) is 2.26. The number of nitrogens with one attached hydrogen (secondary N) is 2. The molecule has 1 aliphatic carbocycles. The number of methoxy groups -OCH3 is 1. The van der Waals surface area contributed by atoms with Crippen molar-refractivity contribution in [3.8, 4) is 0 Å². The van der Waals surface area contributed by atoms with E-state index in [9.17, 15) is 9.59 Å². The van der Waals surface area contributed by atoms with Gasteiger partial charge in [0.15, 0.2) is 0 Å². The minimum Gasteiger partial charge on any atom is -0.444 e. The van der Waals surface area contributed by atoms with E-state index in [1.807, 2.05) is 0 Å². The molecule has 2 N–H and O–H groups in total. The van der Waals surface area contributed by atoms with Crippen LogP contribution in [-0.4, -0.2) is 37.5 Å². The van der Waals surface area contributed by atoms with Gasteiger partial charge >= 0.3 is 6.09 Å². The van der Waals surface area contributed by atoms with Crippen molar-refractivity contribution >= 4 is 12.0 Å². The molecule has 116 valence electrons. The zero-order valence-corrected chi connectivity index (χ0v) is 12.8. The summed E-state index contributed by atoms with van der Waals surface area (Å²) in [6.45, 7) is 5.51. The van der Waals surface area contributed by atoms with Crippen molar-refractivity contribution in [1.29, 1.82) is 0 Å². The molecule has 2 amide bonds. The zero-order chi connectivity index (χ0) is 15.2. The number of alkyl carbamates (subject to hydrolysis) is 1. The SMILES string of the molecule is COCNC(=O)C(CC1CCC1)NC(=O)OC(C)(C)C. The maximum absolute atomic E-state index is 12.0. The van der Waals surface area contributed by atoms with E-state index in [0.29, 0.717) is 12.3 Å². The van der Waals surface area contributed by atoms with Crippen LogP contribution >= 0.6 is 0 Å². The van der Waals surface area contributed by atoms with Crippen LogP contribution in [0.1, 0.15) is 46.5 Å². The van der Waals surface area contributed by atoms with E-state index < -0.39 is 17.7 Å². The van der Waals surface area contributed by atoms with Crippen molar-refractivity contribution < 1.29 is 19.1 Å². The smallest absolute Gasteiger partial charge is 0.408 e. The molecule has 0 aromatic rings. The molecule has 1 fully saturated rings. The Kier molecular flexibility index (Phi) is 6.26. The van der Waals surface area contributed by atoms with Crippen LogP contribution in [0.15, 0.2) is 0 Å². The van der Waals surface area contributed by atoms with E-state index >= 15 is 0 Å². The predicted molar refractivity (Wildman–Crippen MR) is 75.1 cm³/mol. The Bertz CT molecular complexity index is 335. The summed E-state index contributed by atoms with van der Waals surface area (Å²) in [5.41, 5.74) is -0.575. The van der Waals surface area contributed by atoms with Crippen LogP contribution in [0.25, 0.3) is 0 Å². The molecule has 6 nitrogen and oxygen atoms in total. The molecule has 20 heavy (non-hydrogen) atoms. The second-order valence-electron chi connectivity index (χ2n) is 6.21. The first-order chi connectivity index (χ1) is 9.31. The highest BCUT2D eigenvalue weighted by atomic mass is 16.6. The lowest BCUT2D eigenvalue weighted by atomic mass is 9.80. The summed E-state index contributed by atoms with van der Waals surface area (Å²) in [5.74, 6) is 0.271. The fourth-order valence-electron chi connectivity index (χ4n) is 2.01. The third-order valence-corrected chi connectivity index (χ3v) is 3.19. The largest absolute Gasteiger partial charge is 0.444 e. The van der Waals surface area contributed by atoms with E-state index in [0.717, 1.165) is 12.8 Å². The standard InChI is InChI=1S/C14H26N2O4/c1-14(2,3)20-13(18)16-11(8-10-6-5-7-10)12(17)15-9-19-4/h10-11H,5-9H2,1-4H3,(H,15,17)(H,16,18). The van der Waals surface area contributed by atoms with Gasteiger partial charge in [-0.25, -0.2) is 4.79 Å². The maximum Gasteiger partial charge on any atom is 0.408 e. The highest BCUT2D eigenvalue weighted by molar-refractivity contribution is 5.85. The van der Waals surface area contributed by atoms with Gasteiger partial charge in [-0.3, -0.25) is 4.79 Å². The molecule has 1 rings (SSSR count). The van der Waals surface area contributed by atoms with Crippen molar-refractivity contribution in [3.05, 3.63) is 0 Å². The molecule has 0 bridgehead atoms. The minimum atomic E-state index is -0.575. The Labute approximate surface area is 120 Å². The van der Waals surface area contributed by atoms with Crippen molar-refractivity contribution in [3.63, 3.8) is 0 Å². The lowest BCUT2D eigenvalue weighted by Gasteiger charge is -2.30. The van der Waals surface area contributed by atoms with E-state index in [4.69, 9.17) is 9.47 Å². The van der Waals surface area contributed by atoms with Crippen LogP contribution < -0.4 is 10.6 Å². The van der Waals surface area contributed by atoms with Crippen LogP contribution in [0.3, 0.4) is 0 Å². The van der Waals surface area contributed by atoms with Crippen molar-refractivity contribution in [1.82, 2.24) is 10.6 Å². The third kappa shape index (κ3) is 6.23. The third-order valence-electron chi connectivity index (χ3n) is 3.19. The summed E-state index contributed by atoms with van der Waals surface area (Å²) in [6.07, 6.45) is 3.52. The summed E-state index contributed by atoms with van der Waals surface area (Å²) in [5, 5.41) is 5.28. The van der Waals surface area contributed by atoms with Crippen LogP contribution in [0.2, 0.25) is 0 Å². The number of ether oxygens (including phenoxy) is 2. The summed E-state index contributed by atoms with van der Waals surface area (Å²) in [4.78, 5) is 23.8. The second kappa shape index (κ2) is 7.47. The van der Waals surface area contributed by atoms with E-state index in [-0.39, 0.29) is 12.6 Å². The fourth-order valence-corrected chi connectivity index (χ4v) is 2.01. The summed E-state index contributed by atoms with van der Waals surface area (Å²) in [7, 11) is 1.50. The Morgan fingerprint density at radius 3 is 2.40 bits per heavy atom. The van der Waals surface area contributed by atoms with Gasteiger partial charge in [0, 0.05) is 7.11 Å². The van der Waals surface area contributed by atoms with E-state index in [1.165, 1.54) is 13.5 Å². The molecule has 0 spiro atoms. The van der Waals surface area contributed by atoms with Gasteiger partial charge in [-0.05, 0) is 33.1 Å². The average molecular weight is 286 g/mol. The Hall–Kier alpha value is -1.30. The molecular weight excluding hydrogens is 260 g/mol. The van der Waals surface area contributed by atoms with Crippen LogP contribution in [0.4, 0.5) is 4.79 Å². The monoisotopic (exact) mass is 286 g/mol. The normalized spacial score (nSPS) is 17.0. The molecule has 1 atom stereocenters. The molecule has 0 aliphatic heterocycles. The summed E-state index contributed by atoms with van der Waals surface area (Å²) >= 11 is 0. The maximum atomic E-state index is 12.0. The van der Waals surface area contributed by atoms with Crippen molar-refractivity contribution in [2.45, 2.75) is 58.1 Å². The lowest BCUT2D eigenvalue weighted by Crippen LogP contribution is -2.49. The molecule has 1 aliphatic rings. The Morgan fingerprint density at radius 1 is 1.30 bits per heavy atom. The quantitative estimate of drug-likeness (QED) is 0.730. The number of carbonyl (C=O) groups is 2. The zero-order valence-electron chi connectivity index (χ0n) is 12.8. The molecule has 6 heteroatoms. The first-order valence-corrected chi connectivity index (χ1v) is 7.08. The molecule has 1 unspecified atom stereocenters. The Balaban J connectivity index is 2.52. The van der Waals surface area contributed by atoms with E-state index in [2.05, 4.69) is 10.6 Å². The fraction of sp³-hybridized carbons (Fsp3) is 0.857. The molecule has 0 radical (unpaired) electrons. The highest BCUT2D eigenvalue weighted by Crippen LogP contribution is 2.30. The summed E-state index contributed by atoms with van der Waals surface area (Å²) in [6, 6.07) is -0.565. The first-order valence-electron chi connectivity index (χ1n) is 7.08. The van der Waals surface area contributed by atoms with Gasteiger partial charge in [0.2, 0.25) is 5.91 Å². The predicted octanol–water partition coefficient (Wildman–Crippen LogP) is 1.79. The van der Waals surface area contributed by atoms with Gasteiger partial charge in [-0.2, -0.15) is 0 Å². The van der Waals surface area contributed by atoms with Crippen LogP contribution in [0.5, 0.6) is 0 Å². The number of hydrogen-bond acceptors (Lipinski definition) is 4. The lowest BCUT2D eigenvalue weighted by molar-refractivity contribution is -0.125. The van der Waals surface area contributed by atoms with Gasteiger partial charge in [0.25, 0.3) is 0 Å².